The molecule has 0 radical (unpaired) electrons. The zero-order chi connectivity index (χ0) is 10.4. The highest BCUT2D eigenvalue weighted by Gasteiger charge is 2.30. The van der Waals surface area contributed by atoms with Crippen LogP contribution in [0.2, 0.25) is 0 Å². The molecule has 78 valence electrons. The standard InChI is InChI=1S/C10H14O4/c11-6-10(7-12,8-13)14-9-4-2-1-3-5-9/h1-5,11-13H,6-8H2. The highest BCUT2D eigenvalue weighted by molar-refractivity contribution is 5.22. The zero-order valence-corrected chi connectivity index (χ0v) is 7.76. The van der Waals surface area contributed by atoms with E-state index in [0.29, 0.717) is 5.75 Å². The Morgan fingerprint density at radius 1 is 0.929 bits per heavy atom. The van der Waals surface area contributed by atoms with Crippen molar-refractivity contribution in [1.29, 1.82) is 0 Å². The molecule has 0 amide bonds. The maximum atomic E-state index is 8.99. The predicted octanol–water partition coefficient (Wildman–Crippen LogP) is -0.219. The number of aliphatic hydroxyl groups is 3. The van der Waals surface area contributed by atoms with Crippen LogP contribution in [0.15, 0.2) is 30.3 Å². The molecule has 0 saturated heterocycles. The van der Waals surface area contributed by atoms with Gasteiger partial charge in [-0.3, -0.25) is 0 Å². The second kappa shape index (κ2) is 4.95. The Morgan fingerprint density at radius 2 is 1.43 bits per heavy atom. The summed E-state index contributed by atoms with van der Waals surface area (Å²) in [6, 6.07) is 8.75. The van der Waals surface area contributed by atoms with E-state index < -0.39 is 25.4 Å². The first-order chi connectivity index (χ1) is 6.76. The van der Waals surface area contributed by atoms with Crippen molar-refractivity contribution in [1.82, 2.24) is 0 Å². The van der Waals surface area contributed by atoms with Crippen LogP contribution >= 0.6 is 0 Å². The smallest absolute Gasteiger partial charge is 0.177 e. The van der Waals surface area contributed by atoms with Gasteiger partial charge in [0.05, 0.1) is 19.8 Å². The van der Waals surface area contributed by atoms with Crippen molar-refractivity contribution < 1.29 is 20.1 Å². The van der Waals surface area contributed by atoms with Crippen LogP contribution in [0.4, 0.5) is 0 Å². The molecule has 0 aliphatic rings. The largest absolute Gasteiger partial charge is 0.480 e. The van der Waals surface area contributed by atoms with Gasteiger partial charge in [-0.1, -0.05) is 18.2 Å². The quantitative estimate of drug-likeness (QED) is 0.612. The van der Waals surface area contributed by atoms with E-state index in [1.807, 2.05) is 6.07 Å². The summed E-state index contributed by atoms with van der Waals surface area (Å²) in [5, 5.41) is 27.0. The summed E-state index contributed by atoms with van der Waals surface area (Å²) in [5.41, 5.74) is -1.30. The molecule has 0 saturated carbocycles. The number of para-hydroxylation sites is 1. The van der Waals surface area contributed by atoms with Crippen molar-refractivity contribution in [3.8, 4) is 5.75 Å². The summed E-state index contributed by atoms with van der Waals surface area (Å²) >= 11 is 0. The Morgan fingerprint density at radius 3 is 1.86 bits per heavy atom. The van der Waals surface area contributed by atoms with E-state index in [1.165, 1.54) is 0 Å². The van der Waals surface area contributed by atoms with Gasteiger partial charge in [0.15, 0.2) is 5.60 Å². The van der Waals surface area contributed by atoms with Crippen molar-refractivity contribution in [2.45, 2.75) is 5.60 Å². The first-order valence-corrected chi connectivity index (χ1v) is 4.33. The van der Waals surface area contributed by atoms with E-state index in [1.54, 1.807) is 24.3 Å². The molecule has 4 heteroatoms. The van der Waals surface area contributed by atoms with Gasteiger partial charge in [0, 0.05) is 0 Å². The van der Waals surface area contributed by atoms with Crippen LogP contribution in [-0.4, -0.2) is 40.7 Å². The maximum absolute atomic E-state index is 8.99. The Hall–Kier alpha value is -1.10. The molecule has 0 aromatic heterocycles. The van der Waals surface area contributed by atoms with E-state index in [4.69, 9.17) is 20.1 Å². The van der Waals surface area contributed by atoms with Gasteiger partial charge in [0.1, 0.15) is 5.75 Å². The van der Waals surface area contributed by atoms with Gasteiger partial charge in [-0.05, 0) is 12.1 Å². The SMILES string of the molecule is OCC(CO)(CO)Oc1ccccc1. The van der Waals surface area contributed by atoms with Gasteiger partial charge in [-0.2, -0.15) is 0 Å². The average molecular weight is 198 g/mol. The monoisotopic (exact) mass is 198 g/mol. The molecule has 0 aliphatic heterocycles. The third-order valence-corrected chi connectivity index (χ3v) is 1.94. The molecule has 0 heterocycles. The summed E-state index contributed by atoms with van der Waals surface area (Å²) in [5.74, 6) is 0.504. The number of hydrogen-bond donors (Lipinski definition) is 3. The second-order valence-electron chi connectivity index (χ2n) is 3.07. The number of ether oxygens (including phenoxy) is 1. The predicted molar refractivity (Wildman–Crippen MR) is 51.1 cm³/mol. The number of rotatable bonds is 5. The molecule has 0 bridgehead atoms. The lowest BCUT2D eigenvalue weighted by molar-refractivity contribution is -0.0677. The molecule has 0 unspecified atom stereocenters. The Labute approximate surface area is 82.4 Å². The second-order valence-corrected chi connectivity index (χ2v) is 3.07. The summed E-state index contributed by atoms with van der Waals surface area (Å²) in [6.45, 7) is -1.31. The minimum atomic E-state index is -1.30. The number of hydrogen-bond acceptors (Lipinski definition) is 4. The van der Waals surface area contributed by atoms with Crippen LogP contribution in [0.1, 0.15) is 0 Å². The van der Waals surface area contributed by atoms with Crippen molar-refractivity contribution in [2.75, 3.05) is 19.8 Å². The maximum Gasteiger partial charge on any atom is 0.177 e. The topological polar surface area (TPSA) is 69.9 Å². The molecule has 1 rings (SSSR count). The molecule has 14 heavy (non-hydrogen) atoms. The van der Waals surface area contributed by atoms with Gasteiger partial charge < -0.3 is 20.1 Å². The fraction of sp³-hybridized carbons (Fsp3) is 0.400. The molecule has 0 aliphatic carbocycles. The Bertz CT molecular complexity index is 248. The molecule has 0 atom stereocenters. The third-order valence-electron chi connectivity index (χ3n) is 1.94. The molecule has 0 fully saturated rings. The van der Waals surface area contributed by atoms with E-state index in [-0.39, 0.29) is 0 Å². The summed E-state index contributed by atoms with van der Waals surface area (Å²) in [4.78, 5) is 0. The molecule has 3 N–H and O–H groups in total. The van der Waals surface area contributed by atoms with Crippen LogP contribution < -0.4 is 4.74 Å². The summed E-state index contributed by atoms with van der Waals surface area (Å²) in [6.07, 6.45) is 0. The Kier molecular flexibility index (Phi) is 3.88. The van der Waals surface area contributed by atoms with Gasteiger partial charge in [0.25, 0.3) is 0 Å². The fourth-order valence-corrected chi connectivity index (χ4v) is 0.985. The molecule has 1 aromatic rings. The highest BCUT2D eigenvalue weighted by Crippen LogP contribution is 2.17. The lowest BCUT2D eigenvalue weighted by Crippen LogP contribution is -2.47. The zero-order valence-electron chi connectivity index (χ0n) is 7.76. The van der Waals surface area contributed by atoms with E-state index in [2.05, 4.69) is 0 Å². The summed E-state index contributed by atoms with van der Waals surface area (Å²) < 4.78 is 5.30. The van der Waals surface area contributed by atoms with Crippen LogP contribution in [0.25, 0.3) is 0 Å². The van der Waals surface area contributed by atoms with Crippen molar-refractivity contribution in [3.63, 3.8) is 0 Å². The highest BCUT2D eigenvalue weighted by atomic mass is 16.5. The van der Waals surface area contributed by atoms with Gasteiger partial charge in [-0.15, -0.1) is 0 Å². The van der Waals surface area contributed by atoms with E-state index >= 15 is 0 Å². The molecular weight excluding hydrogens is 184 g/mol. The van der Waals surface area contributed by atoms with Crippen LogP contribution in [0, 0.1) is 0 Å². The lowest BCUT2D eigenvalue weighted by Gasteiger charge is -2.28. The third kappa shape index (κ3) is 2.45. The number of aliphatic hydroxyl groups excluding tert-OH is 3. The van der Waals surface area contributed by atoms with Gasteiger partial charge in [0.2, 0.25) is 0 Å². The minimum absolute atomic E-state index is 0.436. The lowest BCUT2D eigenvalue weighted by atomic mass is 10.1. The normalized spacial score (nSPS) is 11.4. The molecule has 1 aromatic carbocycles. The summed E-state index contributed by atoms with van der Waals surface area (Å²) in [7, 11) is 0. The minimum Gasteiger partial charge on any atom is -0.480 e. The molecular formula is C10H14O4. The molecule has 0 spiro atoms. The van der Waals surface area contributed by atoms with Crippen LogP contribution in [0.5, 0.6) is 5.75 Å². The Balaban J connectivity index is 2.74. The first kappa shape index (κ1) is 11.0. The van der Waals surface area contributed by atoms with E-state index in [0.717, 1.165) is 0 Å². The fourth-order valence-electron chi connectivity index (χ4n) is 0.985. The van der Waals surface area contributed by atoms with Crippen molar-refractivity contribution in [3.05, 3.63) is 30.3 Å². The average Bonchev–Trinajstić information content (AvgIpc) is 2.28. The van der Waals surface area contributed by atoms with Gasteiger partial charge in [-0.25, -0.2) is 0 Å². The molecule has 4 nitrogen and oxygen atoms in total. The number of benzene rings is 1. The van der Waals surface area contributed by atoms with Crippen LogP contribution in [0.3, 0.4) is 0 Å². The van der Waals surface area contributed by atoms with E-state index in [9.17, 15) is 0 Å². The van der Waals surface area contributed by atoms with Gasteiger partial charge >= 0.3 is 0 Å². The van der Waals surface area contributed by atoms with Crippen molar-refractivity contribution >= 4 is 0 Å². The van der Waals surface area contributed by atoms with Crippen LogP contribution in [-0.2, 0) is 0 Å². The van der Waals surface area contributed by atoms with Crippen molar-refractivity contribution in [2.24, 2.45) is 0 Å². The first-order valence-electron chi connectivity index (χ1n) is 4.33.